The normalized spacial score (nSPS) is 10.9. The first-order valence-corrected chi connectivity index (χ1v) is 4.04. The zero-order valence-electron chi connectivity index (χ0n) is 7.22. The van der Waals surface area contributed by atoms with Gasteiger partial charge in [0.15, 0.2) is 0 Å². The molecule has 2 rings (SSSR count). The van der Waals surface area contributed by atoms with Gasteiger partial charge >= 0.3 is 0 Å². The minimum absolute atomic E-state index is 0.408. The van der Waals surface area contributed by atoms with Crippen LogP contribution in [0.3, 0.4) is 0 Å². The Kier molecular flexibility index (Phi) is 2.36. The minimum Gasteiger partial charge on any atom is -0.445 e. The quantitative estimate of drug-likeness (QED) is 0.682. The highest BCUT2D eigenvalue weighted by Gasteiger charge is 1.97. The van der Waals surface area contributed by atoms with E-state index in [-0.39, 0.29) is 0 Å². The van der Waals surface area contributed by atoms with Crippen molar-refractivity contribution in [2.75, 3.05) is 0 Å². The molecule has 4 heteroatoms. The van der Waals surface area contributed by atoms with Crippen molar-refractivity contribution in [3.05, 3.63) is 48.2 Å². The van der Waals surface area contributed by atoms with Gasteiger partial charge in [-0.25, -0.2) is 9.97 Å². The second kappa shape index (κ2) is 3.83. The molecule has 0 aliphatic heterocycles. The Morgan fingerprint density at radius 2 is 2.14 bits per heavy atom. The van der Waals surface area contributed by atoms with E-state index in [1.54, 1.807) is 24.3 Å². The Bertz CT molecular complexity index is 437. The lowest BCUT2D eigenvalue weighted by molar-refractivity contribution is 0.546. The molecule has 2 aromatic rings. The molecular weight excluding hydrogens is 183 g/mol. The number of nitrogens with zero attached hydrogens (tertiary/aromatic N) is 2. The fourth-order valence-electron chi connectivity index (χ4n) is 1.00. The largest absolute Gasteiger partial charge is 0.445 e. The highest BCUT2D eigenvalue weighted by Crippen LogP contribution is 2.08. The Balaban J connectivity index is 2.23. The van der Waals surface area contributed by atoms with Crippen LogP contribution in [0.1, 0.15) is 11.5 Å². The molecule has 0 aromatic carbocycles. The van der Waals surface area contributed by atoms with Crippen LogP contribution >= 0.6 is 0 Å². The summed E-state index contributed by atoms with van der Waals surface area (Å²) < 4.78 is 18.0. The Morgan fingerprint density at radius 3 is 2.86 bits per heavy atom. The molecule has 0 saturated carbocycles. The lowest BCUT2D eigenvalue weighted by Crippen LogP contribution is -1.84. The molecule has 0 unspecified atom stereocenters. The van der Waals surface area contributed by atoms with E-state index in [2.05, 4.69) is 9.97 Å². The number of halogens is 1. The molecule has 14 heavy (non-hydrogen) atoms. The lowest BCUT2D eigenvalue weighted by Gasteiger charge is -1.92. The molecule has 0 saturated heterocycles. The summed E-state index contributed by atoms with van der Waals surface area (Å²) in [6, 6.07) is 3.29. The highest BCUT2D eigenvalue weighted by atomic mass is 19.1. The van der Waals surface area contributed by atoms with Crippen LogP contribution in [0.4, 0.5) is 4.39 Å². The van der Waals surface area contributed by atoms with Crippen LogP contribution in [0.5, 0.6) is 0 Å². The van der Waals surface area contributed by atoms with E-state index in [1.807, 2.05) is 0 Å². The Hall–Kier alpha value is -1.97. The molecule has 2 aromatic heterocycles. The summed E-state index contributed by atoms with van der Waals surface area (Å²) in [5.41, 5.74) is 0.408. The first kappa shape index (κ1) is 8.62. The third-order valence-corrected chi connectivity index (χ3v) is 1.64. The molecule has 0 atom stereocenters. The molecule has 0 spiro atoms. The fraction of sp³-hybridized carbons (Fsp3) is 0. The molecule has 2 heterocycles. The maximum atomic E-state index is 13.0. The molecule has 0 radical (unpaired) electrons. The first-order valence-electron chi connectivity index (χ1n) is 4.04. The molecule has 0 amide bonds. The number of pyridine rings is 1. The summed E-state index contributed by atoms with van der Waals surface area (Å²) in [6.07, 6.45) is 7.53. The maximum absolute atomic E-state index is 13.0. The summed E-state index contributed by atoms with van der Waals surface area (Å²) in [5.74, 6) is -0.0661. The highest BCUT2D eigenvalue weighted by molar-refractivity contribution is 5.65. The molecule has 0 bridgehead atoms. The molecule has 0 aliphatic carbocycles. The predicted octanol–water partition coefficient (Wildman–Crippen LogP) is 2.38. The SMILES string of the molecule is Fc1ncccc1C=Cc1ncco1. The van der Waals surface area contributed by atoms with Crippen LogP contribution in [0.2, 0.25) is 0 Å². The monoisotopic (exact) mass is 190 g/mol. The van der Waals surface area contributed by atoms with Crippen LogP contribution in [-0.2, 0) is 0 Å². The van der Waals surface area contributed by atoms with Gasteiger partial charge in [-0.3, -0.25) is 0 Å². The molecule has 3 nitrogen and oxygen atoms in total. The van der Waals surface area contributed by atoms with E-state index in [9.17, 15) is 4.39 Å². The van der Waals surface area contributed by atoms with Gasteiger partial charge in [-0.2, -0.15) is 4.39 Å². The second-order valence-corrected chi connectivity index (χ2v) is 2.59. The minimum atomic E-state index is -0.504. The first-order chi connectivity index (χ1) is 6.86. The molecule has 0 aliphatic rings. The molecular formula is C10H7FN2O. The van der Waals surface area contributed by atoms with E-state index >= 15 is 0 Å². The van der Waals surface area contributed by atoms with Gasteiger partial charge < -0.3 is 4.42 Å². The summed E-state index contributed by atoms with van der Waals surface area (Å²) >= 11 is 0. The van der Waals surface area contributed by atoms with Crippen molar-refractivity contribution in [2.24, 2.45) is 0 Å². The zero-order valence-corrected chi connectivity index (χ0v) is 7.22. The van der Waals surface area contributed by atoms with E-state index in [4.69, 9.17) is 4.42 Å². The van der Waals surface area contributed by atoms with Crippen LogP contribution in [0.25, 0.3) is 12.2 Å². The Morgan fingerprint density at radius 1 is 1.21 bits per heavy atom. The van der Waals surface area contributed by atoms with Gasteiger partial charge in [-0.15, -0.1) is 0 Å². The number of hydrogen-bond donors (Lipinski definition) is 0. The maximum Gasteiger partial charge on any atom is 0.220 e. The third-order valence-electron chi connectivity index (χ3n) is 1.64. The Labute approximate surface area is 79.9 Å². The predicted molar refractivity (Wildman–Crippen MR) is 49.6 cm³/mol. The van der Waals surface area contributed by atoms with Crippen molar-refractivity contribution < 1.29 is 8.81 Å². The summed E-state index contributed by atoms with van der Waals surface area (Å²) in [5, 5.41) is 0. The molecule has 0 fully saturated rings. The van der Waals surface area contributed by atoms with Crippen molar-refractivity contribution in [2.45, 2.75) is 0 Å². The van der Waals surface area contributed by atoms with E-state index in [0.717, 1.165) is 0 Å². The molecule has 0 N–H and O–H groups in total. The second-order valence-electron chi connectivity index (χ2n) is 2.59. The van der Waals surface area contributed by atoms with Crippen molar-refractivity contribution >= 4 is 12.2 Å². The van der Waals surface area contributed by atoms with E-state index in [1.165, 1.54) is 18.7 Å². The van der Waals surface area contributed by atoms with E-state index in [0.29, 0.717) is 11.5 Å². The van der Waals surface area contributed by atoms with Crippen LogP contribution in [-0.4, -0.2) is 9.97 Å². The van der Waals surface area contributed by atoms with Gasteiger partial charge in [0.25, 0.3) is 0 Å². The topological polar surface area (TPSA) is 38.9 Å². The standard InChI is InChI=1S/C10H7FN2O/c11-10-8(2-1-5-13-10)3-4-9-12-6-7-14-9/h1-7H. The summed E-state index contributed by atoms with van der Waals surface area (Å²) in [6.45, 7) is 0. The van der Waals surface area contributed by atoms with Gasteiger partial charge in [-0.1, -0.05) is 0 Å². The van der Waals surface area contributed by atoms with Crippen molar-refractivity contribution in [1.29, 1.82) is 0 Å². The summed E-state index contributed by atoms with van der Waals surface area (Å²) in [4.78, 5) is 7.37. The van der Waals surface area contributed by atoms with Gasteiger partial charge in [0.2, 0.25) is 11.8 Å². The van der Waals surface area contributed by atoms with Crippen molar-refractivity contribution in [3.63, 3.8) is 0 Å². The number of aromatic nitrogens is 2. The van der Waals surface area contributed by atoms with Gasteiger partial charge in [0.05, 0.1) is 6.20 Å². The summed E-state index contributed by atoms with van der Waals surface area (Å²) in [7, 11) is 0. The number of oxazole rings is 1. The van der Waals surface area contributed by atoms with Crippen LogP contribution in [0, 0.1) is 5.95 Å². The van der Waals surface area contributed by atoms with Crippen molar-refractivity contribution in [3.8, 4) is 0 Å². The van der Waals surface area contributed by atoms with E-state index < -0.39 is 5.95 Å². The zero-order chi connectivity index (χ0) is 9.80. The average molecular weight is 190 g/mol. The van der Waals surface area contributed by atoms with Gasteiger partial charge in [-0.05, 0) is 18.2 Å². The van der Waals surface area contributed by atoms with Gasteiger partial charge in [0, 0.05) is 17.8 Å². The van der Waals surface area contributed by atoms with Crippen molar-refractivity contribution in [1.82, 2.24) is 9.97 Å². The lowest BCUT2D eigenvalue weighted by atomic mass is 10.2. The smallest absolute Gasteiger partial charge is 0.220 e. The molecule has 70 valence electrons. The fourth-order valence-corrected chi connectivity index (χ4v) is 1.00. The van der Waals surface area contributed by atoms with Crippen LogP contribution in [0.15, 0.2) is 35.2 Å². The average Bonchev–Trinajstić information content (AvgIpc) is 2.69. The number of rotatable bonds is 2. The van der Waals surface area contributed by atoms with Gasteiger partial charge in [0.1, 0.15) is 6.26 Å². The van der Waals surface area contributed by atoms with Crippen LogP contribution < -0.4 is 0 Å². The third kappa shape index (κ3) is 1.85. The number of hydrogen-bond acceptors (Lipinski definition) is 3.